The highest BCUT2D eigenvalue weighted by atomic mass is 16.3. The molecule has 0 spiro atoms. The Balaban J connectivity index is 2.63. The minimum atomic E-state index is -0.216. The average Bonchev–Trinajstić information content (AvgIpc) is 2.27. The number of aliphatic hydroxyl groups is 1. The monoisotopic (exact) mass is 221 g/mol. The lowest BCUT2D eigenvalue weighted by Crippen LogP contribution is -2.32. The van der Waals surface area contributed by atoms with E-state index in [1.807, 2.05) is 0 Å². The highest BCUT2D eigenvalue weighted by Gasteiger charge is 2.09. The molecule has 0 aromatic heterocycles. The molecule has 0 bridgehead atoms. The third-order valence-corrected chi connectivity index (χ3v) is 2.83. The molecule has 0 aliphatic heterocycles. The van der Waals surface area contributed by atoms with Crippen molar-refractivity contribution in [1.82, 2.24) is 0 Å². The van der Waals surface area contributed by atoms with Crippen LogP contribution in [0.2, 0.25) is 0 Å². The first-order valence-electron chi connectivity index (χ1n) is 6.17. The Morgan fingerprint density at radius 3 is 2.31 bits per heavy atom. The number of aliphatic hydroxyl groups excluding tert-OH is 1. The van der Waals surface area contributed by atoms with Crippen LogP contribution >= 0.6 is 0 Å². The molecule has 90 valence electrons. The van der Waals surface area contributed by atoms with Gasteiger partial charge in [-0.15, -0.1) is 0 Å². The Hall–Kier alpha value is -1.02. The molecule has 1 N–H and O–H groups in total. The molecule has 0 saturated carbocycles. The molecule has 0 saturated heterocycles. The van der Waals surface area contributed by atoms with Crippen molar-refractivity contribution in [3.63, 3.8) is 0 Å². The Morgan fingerprint density at radius 1 is 1.19 bits per heavy atom. The van der Waals surface area contributed by atoms with Gasteiger partial charge in [0.05, 0.1) is 6.10 Å². The second kappa shape index (κ2) is 6.54. The fraction of sp³-hybridized carbons (Fsp3) is 0.571. The van der Waals surface area contributed by atoms with Crippen molar-refractivity contribution in [1.29, 1.82) is 0 Å². The molecule has 0 radical (unpaired) electrons. The smallest absolute Gasteiger partial charge is 0.0715 e. The van der Waals surface area contributed by atoms with E-state index >= 15 is 0 Å². The highest BCUT2D eigenvalue weighted by molar-refractivity contribution is 5.47. The molecule has 0 aliphatic carbocycles. The third-order valence-electron chi connectivity index (χ3n) is 2.83. The summed E-state index contributed by atoms with van der Waals surface area (Å²) < 4.78 is 0. The van der Waals surface area contributed by atoms with Crippen LogP contribution in [0, 0.1) is 6.92 Å². The predicted molar refractivity (Wildman–Crippen MR) is 70.0 cm³/mol. The quantitative estimate of drug-likeness (QED) is 0.798. The van der Waals surface area contributed by atoms with E-state index in [4.69, 9.17) is 0 Å². The number of hydrogen-bond donors (Lipinski definition) is 1. The molecule has 2 nitrogen and oxygen atoms in total. The zero-order valence-electron chi connectivity index (χ0n) is 10.6. The van der Waals surface area contributed by atoms with E-state index in [9.17, 15) is 5.11 Å². The van der Waals surface area contributed by atoms with Crippen LogP contribution in [0.5, 0.6) is 0 Å². The summed E-state index contributed by atoms with van der Waals surface area (Å²) in [5.41, 5.74) is 2.47. The fourth-order valence-corrected chi connectivity index (χ4v) is 1.85. The molecule has 1 atom stereocenters. The number of hydrogen-bond acceptors (Lipinski definition) is 2. The number of aryl methyl sites for hydroxylation is 1. The molecule has 1 aromatic rings. The molecule has 16 heavy (non-hydrogen) atoms. The zero-order chi connectivity index (χ0) is 12.0. The summed E-state index contributed by atoms with van der Waals surface area (Å²) in [6.45, 7) is 7.98. The second-order valence-electron chi connectivity index (χ2n) is 4.32. The Morgan fingerprint density at radius 2 is 1.81 bits per heavy atom. The molecule has 0 aliphatic rings. The predicted octanol–water partition coefficient (Wildman–Crippen LogP) is 2.98. The Kier molecular flexibility index (Phi) is 5.33. The largest absolute Gasteiger partial charge is 0.391 e. The first kappa shape index (κ1) is 13.0. The maximum Gasteiger partial charge on any atom is 0.0715 e. The number of rotatable bonds is 6. The van der Waals surface area contributed by atoms with Crippen LogP contribution in [0.25, 0.3) is 0 Å². The minimum Gasteiger partial charge on any atom is -0.391 e. The van der Waals surface area contributed by atoms with E-state index in [1.54, 1.807) is 0 Å². The lowest BCUT2D eigenvalue weighted by Gasteiger charge is -2.26. The summed E-state index contributed by atoms with van der Waals surface area (Å²) in [6, 6.07) is 8.48. The summed E-state index contributed by atoms with van der Waals surface area (Å²) in [4.78, 5) is 2.22. The first-order valence-corrected chi connectivity index (χ1v) is 6.17. The van der Waals surface area contributed by atoms with Gasteiger partial charge < -0.3 is 10.0 Å². The SMILES string of the molecule is CCCC(O)CN(CC)c1ccc(C)cc1. The number of likely N-dealkylation sites (N-methyl/N-ethyl adjacent to an activating group) is 1. The van der Waals surface area contributed by atoms with Gasteiger partial charge in [0.1, 0.15) is 0 Å². The average molecular weight is 221 g/mol. The van der Waals surface area contributed by atoms with Gasteiger partial charge in [0, 0.05) is 18.8 Å². The molecule has 2 heteroatoms. The van der Waals surface area contributed by atoms with E-state index in [1.165, 1.54) is 11.3 Å². The molecular weight excluding hydrogens is 198 g/mol. The number of nitrogens with zero attached hydrogens (tertiary/aromatic N) is 1. The van der Waals surface area contributed by atoms with E-state index in [0.29, 0.717) is 0 Å². The maximum absolute atomic E-state index is 9.82. The normalized spacial score (nSPS) is 12.5. The molecular formula is C14H23NO. The van der Waals surface area contributed by atoms with Crippen LogP contribution < -0.4 is 4.90 Å². The van der Waals surface area contributed by atoms with Crippen LogP contribution in [0.15, 0.2) is 24.3 Å². The van der Waals surface area contributed by atoms with E-state index < -0.39 is 0 Å². The lowest BCUT2D eigenvalue weighted by atomic mass is 10.1. The van der Waals surface area contributed by atoms with Crippen molar-refractivity contribution in [3.8, 4) is 0 Å². The highest BCUT2D eigenvalue weighted by Crippen LogP contribution is 2.15. The fourth-order valence-electron chi connectivity index (χ4n) is 1.85. The molecule has 0 heterocycles. The molecule has 1 unspecified atom stereocenters. The third kappa shape index (κ3) is 3.86. The van der Waals surface area contributed by atoms with E-state index in [2.05, 4.69) is 49.9 Å². The van der Waals surface area contributed by atoms with Gasteiger partial charge in [0.15, 0.2) is 0 Å². The summed E-state index contributed by atoms with van der Waals surface area (Å²) >= 11 is 0. The van der Waals surface area contributed by atoms with Crippen LogP contribution in [0.4, 0.5) is 5.69 Å². The van der Waals surface area contributed by atoms with Gasteiger partial charge in [0.25, 0.3) is 0 Å². The molecule has 0 fully saturated rings. The van der Waals surface area contributed by atoms with Gasteiger partial charge in [-0.05, 0) is 32.4 Å². The summed E-state index contributed by atoms with van der Waals surface area (Å²) in [7, 11) is 0. The van der Waals surface area contributed by atoms with Crippen molar-refractivity contribution >= 4 is 5.69 Å². The van der Waals surface area contributed by atoms with Crippen molar-refractivity contribution in [3.05, 3.63) is 29.8 Å². The van der Waals surface area contributed by atoms with Gasteiger partial charge in [-0.25, -0.2) is 0 Å². The molecule has 1 aromatic carbocycles. The topological polar surface area (TPSA) is 23.5 Å². The maximum atomic E-state index is 9.82. The molecule has 0 amide bonds. The van der Waals surface area contributed by atoms with E-state index in [-0.39, 0.29) is 6.10 Å². The lowest BCUT2D eigenvalue weighted by molar-refractivity contribution is 0.169. The van der Waals surface area contributed by atoms with Crippen molar-refractivity contribution < 1.29 is 5.11 Å². The summed E-state index contributed by atoms with van der Waals surface area (Å²) in [6.07, 6.45) is 1.70. The van der Waals surface area contributed by atoms with Gasteiger partial charge in [-0.1, -0.05) is 31.0 Å². The number of benzene rings is 1. The van der Waals surface area contributed by atoms with Crippen molar-refractivity contribution in [2.45, 2.75) is 39.7 Å². The Labute approximate surface area is 98.9 Å². The van der Waals surface area contributed by atoms with Gasteiger partial charge in [-0.2, -0.15) is 0 Å². The Bertz CT molecular complexity index is 294. The zero-order valence-corrected chi connectivity index (χ0v) is 10.6. The first-order chi connectivity index (χ1) is 7.67. The van der Waals surface area contributed by atoms with E-state index in [0.717, 1.165) is 25.9 Å². The van der Waals surface area contributed by atoms with Crippen LogP contribution in [-0.2, 0) is 0 Å². The van der Waals surface area contributed by atoms with Crippen molar-refractivity contribution in [2.24, 2.45) is 0 Å². The van der Waals surface area contributed by atoms with Crippen LogP contribution in [0.1, 0.15) is 32.3 Å². The standard InChI is InChI=1S/C14H23NO/c1-4-6-14(16)11-15(5-2)13-9-7-12(3)8-10-13/h7-10,14,16H,4-6,11H2,1-3H3. The van der Waals surface area contributed by atoms with Crippen molar-refractivity contribution in [2.75, 3.05) is 18.0 Å². The summed E-state index contributed by atoms with van der Waals surface area (Å²) in [5, 5.41) is 9.82. The van der Waals surface area contributed by atoms with Gasteiger partial charge in [-0.3, -0.25) is 0 Å². The molecule has 1 rings (SSSR count). The van der Waals surface area contributed by atoms with Gasteiger partial charge in [0.2, 0.25) is 0 Å². The van der Waals surface area contributed by atoms with Crippen LogP contribution in [0.3, 0.4) is 0 Å². The van der Waals surface area contributed by atoms with Crippen LogP contribution in [-0.4, -0.2) is 24.3 Å². The number of anilines is 1. The van der Waals surface area contributed by atoms with Gasteiger partial charge >= 0.3 is 0 Å². The summed E-state index contributed by atoms with van der Waals surface area (Å²) in [5.74, 6) is 0. The second-order valence-corrected chi connectivity index (χ2v) is 4.32. The minimum absolute atomic E-state index is 0.216.